The highest BCUT2D eigenvalue weighted by atomic mass is 35.5. The van der Waals surface area contributed by atoms with Crippen LogP contribution in [0.15, 0.2) is 30.5 Å². The third-order valence-electron chi connectivity index (χ3n) is 4.59. The Morgan fingerprint density at radius 1 is 1.23 bits per heavy atom. The largest absolute Gasteiger partial charge is 0.449 e. The number of fused-ring (bicyclic) bond motifs is 1. The Morgan fingerprint density at radius 3 is 2.88 bits per heavy atom. The van der Waals surface area contributed by atoms with Crippen molar-refractivity contribution in [2.45, 2.75) is 26.8 Å². The van der Waals surface area contributed by atoms with Crippen molar-refractivity contribution in [1.82, 2.24) is 14.8 Å². The molecule has 1 amide bonds. The van der Waals surface area contributed by atoms with Gasteiger partial charge in [-0.25, -0.2) is 4.79 Å². The second kappa shape index (κ2) is 8.69. The van der Waals surface area contributed by atoms with E-state index in [1.165, 1.54) is 0 Å². The Hall–Kier alpha value is -1.85. The summed E-state index contributed by atoms with van der Waals surface area (Å²) in [7, 11) is 0. The number of aromatic nitrogens is 1. The molecule has 1 saturated heterocycles. The van der Waals surface area contributed by atoms with E-state index in [2.05, 4.69) is 16.0 Å². The normalized spacial score (nSPS) is 16.1. The van der Waals surface area contributed by atoms with Crippen molar-refractivity contribution in [1.29, 1.82) is 0 Å². The maximum atomic E-state index is 12.2. The van der Waals surface area contributed by atoms with Gasteiger partial charge in [-0.15, -0.1) is 0 Å². The summed E-state index contributed by atoms with van der Waals surface area (Å²) in [5.41, 5.74) is 2.01. The van der Waals surface area contributed by atoms with E-state index in [1.54, 1.807) is 6.20 Å². The molecule has 0 aliphatic carbocycles. The van der Waals surface area contributed by atoms with Crippen molar-refractivity contribution in [3.05, 3.63) is 41.0 Å². The molecule has 0 unspecified atom stereocenters. The van der Waals surface area contributed by atoms with Gasteiger partial charge in [0.05, 0.1) is 12.1 Å². The molecule has 0 N–H and O–H groups in total. The summed E-state index contributed by atoms with van der Waals surface area (Å²) in [5.74, 6) is 0.350. The Balaban J connectivity index is 1.65. The third-order valence-corrected chi connectivity index (χ3v) is 4.94. The summed E-state index contributed by atoms with van der Waals surface area (Å²) in [4.78, 5) is 20.9. The zero-order chi connectivity index (χ0) is 18.5. The van der Waals surface area contributed by atoms with Crippen LogP contribution in [-0.4, -0.2) is 53.7 Å². The number of carbonyl (C=O) groups excluding carboxylic acids is 1. The van der Waals surface area contributed by atoms with E-state index in [4.69, 9.17) is 16.3 Å². The molecule has 140 valence electrons. The number of nitrogens with zero attached hydrogens (tertiary/aromatic N) is 3. The Kier molecular flexibility index (Phi) is 6.33. The molecule has 1 aromatic carbocycles. The van der Waals surface area contributed by atoms with Crippen LogP contribution in [-0.2, 0) is 11.3 Å². The predicted octanol–water partition coefficient (Wildman–Crippen LogP) is 4.19. The van der Waals surface area contributed by atoms with E-state index < -0.39 is 0 Å². The molecule has 0 spiro atoms. The van der Waals surface area contributed by atoms with Gasteiger partial charge >= 0.3 is 6.09 Å². The molecule has 0 saturated carbocycles. The predicted molar refractivity (Wildman–Crippen MR) is 104 cm³/mol. The number of amides is 1. The number of benzene rings is 1. The van der Waals surface area contributed by atoms with Gasteiger partial charge in [0.15, 0.2) is 0 Å². The van der Waals surface area contributed by atoms with E-state index in [1.807, 2.05) is 36.9 Å². The number of rotatable bonds is 4. The maximum absolute atomic E-state index is 12.2. The first-order chi connectivity index (χ1) is 12.5. The van der Waals surface area contributed by atoms with E-state index in [0.717, 1.165) is 54.1 Å². The van der Waals surface area contributed by atoms with Gasteiger partial charge in [-0.05, 0) is 24.5 Å². The summed E-state index contributed by atoms with van der Waals surface area (Å²) in [6.45, 7) is 8.42. The molecule has 6 heteroatoms. The van der Waals surface area contributed by atoms with E-state index in [-0.39, 0.29) is 6.09 Å². The highest BCUT2D eigenvalue weighted by molar-refractivity contribution is 6.32. The van der Waals surface area contributed by atoms with Crippen LogP contribution in [0.5, 0.6) is 0 Å². The standard InChI is InChI=1S/C20H26ClN3O2/c1-15(2)14-26-20(25)24-10-4-9-23(11-12-24)13-17-18(21)7-6-16-5-3-8-22-19(16)17/h3,5-8,15H,4,9-14H2,1-2H3. The highest BCUT2D eigenvalue weighted by Crippen LogP contribution is 2.26. The number of carbonyl (C=O) groups is 1. The lowest BCUT2D eigenvalue weighted by Gasteiger charge is -2.22. The van der Waals surface area contributed by atoms with Crippen LogP contribution in [0.2, 0.25) is 5.02 Å². The van der Waals surface area contributed by atoms with Crippen LogP contribution < -0.4 is 0 Å². The Bertz CT molecular complexity index is 766. The van der Waals surface area contributed by atoms with Crippen molar-refractivity contribution < 1.29 is 9.53 Å². The fraction of sp³-hybridized carbons (Fsp3) is 0.500. The summed E-state index contributed by atoms with van der Waals surface area (Å²) in [6, 6.07) is 7.93. The number of hydrogen-bond acceptors (Lipinski definition) is 4. The minimum absolute atomic E-state index is 0.203. The minimum Gasteiger partial charge on any atom is -0.449 e. The Morgan fingerprint density at radius 2 is 2.08 bits per heavy atom. The van der Waals surface area contributed by atoms with Gasteiger partial charge in [0, 0.05) is 54.9 Å². The van der Waals surface area contributed by atoms with Gasteiger partial charge in [0.1, 0.15) is 0 Å². The fourth-order valence-electron chi connectivity index (χ4n) is 3.20. The van der Waals surface area contributed by atoms with Crippen LogP contribution in [0.25, 0.3) is 10.9 Å². The van der Waals surface area contributed by atoms with Gasteiger partial charge in [0.2, 0.25) is 0 Å². The molecule has 5 nitrogen and oxygen atoms in total. The molecule has 0 atom stereocenters. The van der Waals surface area contributed by atoms with Gasteiger partial charge in [0.25, 0.3) is 0 Å². The first-order valence-electron chi connectivity index (χ1n) is 9.20. The van der Waals surface area contributed by atoms with Gasteiger partial charge in [-0.1, -0.05) is 37.6 Å². The quantitative estimate of drug-likeness (QED) is 0.803. The molecule has 2 aromatic rings. The molecule has 1 aromatic heterocycles. The monoisotopic (exact) mass is 375 g/mol. The van der Waals surface area contributed by atoms with Crippen LogP contribution in [0, 0.1) is 5.92 Å². The van der Waals surface area contributed by atoms with Crippen LogP contribution >= 0.6 is 11.6 Å². The summed E-state index contributed by atoms with van der Waals surface area (Å²) < 4.78 is 5.37. The van der Waals surface area contributed by atoms with Crippen molar-refractivity contribution >= 4 is 28.6 Å². The second-order valence-corrected chi connectivity index (χ2v) is 7.60. The molecule has 1 fully saturated rings. The summed E-state index contributed by atoms with van der Waals surface area (Å²) in [5, 5.41) is 1.84. The molecule has 0 bridgehead atoms. The molecular weight excluding hydrogens is 350 g/mol. The first kappa shape index (κ1) is 18.9. The van der Waals surface area contributed by atoms with Crippen LogP contribution in [0.4, 0.5) is 4.79 Å². The Labute approximate surface area is 159 Å². The van der Waals surface area contributed by atoms with Crippen molar-refractivity contribution in [3.63, 3.8) is 0 Å². The fourth-order valence-corrected chi connectivity index (χ4v) is 3.41. The molecule has 0 radical (unpaired) electrons. The topological polar surface area (TPSA) is 45.7 Å². The zero-order valence-corrected chi connectivity index (χ0v) is 16.2. The molecule has 1 aliphatic rings. The molecule has 26 heavy (non-hydrogen) atoms. The third kappa shape index (κ3) is 4.65. The molecule has 2 heterocycles. The summed E-state index contributed by atoms with van der Waals surface area (Å²) in [6.07, 6.45) is 2.52. The van der Waals surface area contributed by atoms with E-state index >= 15 is 0 Å². The molecule has 1 aliphatic heterocycles. The van der Waals surface area contributed by atoms with Gasteiger partial charge in [-0.3, -0.25) is 9.88 Å². The SMILES string of the molecule is CC(C)COC(=O)N1CCCN(Cc2c(Cl)ccc3cccnc23)CC1. The smallest absolute Gasteiger partial charge is 0.409 e. The van der Waals surface area contributed by atoms with E-state index in [9.17, 15) is 4.79 Å². The lowest BCUT2D eigenvalue weighted by molar-refractivity contribution is 0.0930. The lowest BCUT2D eigenvalue weighted by atomic mass is 10.1. The number of ether oxygens (including phenoxy) is 1. The van der Waals surface area contributed by atoms with E-state index in [0.29, 0.717) is 19.1 Å². The van der Waals surface area contributed by atoms with Crippen molar-refractivity contribution in [3.8, 4) is 0 Å². The molecular formula is C20H26ClN3O2. The second-order valence-electron chi connectivity index (χ2n) is 7.19. The van der Waals surface area contributed by atoms with Crippen molar-refractivity contribution in [2.75, 3.05) is 32.8 Å². The van der Waals surface area contributed by atoms with Crippen LogP contribution in [0.1, 0.15) is 25.8 Å². The average molecular weight is 376 g/mol. The van der Waals surface area contributed by atoms with Gasteiger partial charge < -0.3 is 9.64 Å². The number of hydrogen-bond donors (Lipinski definition) is 0. The maximum Gasteiger partial charge on any atom is 0.409 e. The number of pyridine rings is 1. The van der Waals surface area contributed by atoms with Gasteiger partial charge in [-0.2, -0.15) is 0 Å². The molecule has 3 rings (SSSR count). The zero-order valence-electron chi connectivity index (χ0n) is 15.4. The van der Waals surface area contributed by atoms with Crippen molar-refractivity contribution in [2.24, 2.45) is 5.92 Å². The minimum atomic E-state index is -0.203. The highest BCUT2D eigenvalue weighted by Gasteiger charge is 2.21. The summed E-state index contributed by atoms with van der Waals surface area (Å²) >= 11 is 6.46. The van der Waals surface area contributed by atoms with Crippen LogP contribution in [0.3, 0.4) is 0 Å². The first-order valence-corrected chi connectivity index (χ1v) is 9.58. The average Bonchev–Trinajstić information content (AvgIpc) is 2.88. The lowest BCUT2D eigenvalue weighted by Crippen LogP contribution is -2.36. The number of halogens is 1.